The number of fused-ring (bicyclic) bond motifs is 1. The summed E-state index contributed by atoms with van der Waals surface area (Å²) in [5, 5.41) is 4.47. The summed E-state index contributed by atoms with van der Waals surface area (Å²) >= 11 is 6.07. The molecule has 130 valence electrons. The zero-order valence-corrected chi connectivity index (χ0v) is 15.1. The lowest BCUT2D eigenvalue weighted by Crippen LogP contribution is -2.37. The molecule has 3 rings (SSSR count). The second-order valence-electron chi connectivity index (χ2n) is 6.01. The van der Waals surface area contributed by atoms with E-state index >= 15 is 0 Å². The Balaban J connectivity index is 1.71. The van der Waals surface area contributed by atoms with Gasteiger partial charge < -0.3 is 14.5 Å². The predicted octanol–water partition coefficient (Wildman–Crippen LogP) is 5.04. The van der Waals surface area contributed by atoms with Crippen molar-refractivity contribution in [1.29, 1.82) is 0 Å². The van der Waals surface area contributed by atoms with Crippen LogP contribution in [0.3, 0.4) is 0 Å². The van der Waals surface area contributed by atoms with Gasteiger partial charge in [-0.25, -0.2) is 0 Å². The molecule has 0 fully saturated rings. The standard InChI is InChI=1S/C20H20ClNO3/c1-12-15-8-4-6-10-17(15)25-19(12)13(2)22-20(23)14(3)24-18-11-7-5-9-16(18)21/h4-11,13-14H,1-3H3,(H,22,23). The van der Waals surface area contributed by atoms with E-state index in [-0.39, 0.29) is 11.9 Å². The molecule has 0 aliphatic heterocycles. The second kappa shape index (κ2) is 7.19. The van der Waals surface area contributed by atoms with Crippen LogP contribution < -0.4 is 10.1 Å². The van der Waals surface area contributed by atoms with Crippen molar-refractivity contribution >= 4 is 28.5 Å². The number of hydrogen-bond acceptors (Lipinski definition) is 3. The number of ether oxygens (including phenoxy) is 1. The van der Waals surface area contributed by atoms with E-state index in [2.05, 4.69) is 5.32 Å². The molecule has 0 spiro atoms. The molecule has 0 saturated heterocycles. The van der Waals surface area contributed by atoms with Crippen LogP contribution in [0.25, 0.3) is 11.0 Å². The summed E-state index contributed by atoms with van der Waals surface area (Å²) in [6.07, 6.45) is -0.674. The van der Waals surface area contributed by atoms with Crippen LogP contribution in [-0.4, -0.2) is 12.0 Å². The molecule has 0 saturated carbocycles. The molecule has 1 N–H and O–H groups in total. The number of amides is 1. The fourth-order valence-electron chi connectivity index (χ4n) is 2.79. The zero-order chi connectivity index (χ0) is 18.0. The van der Waals surface area contributed by atoms with Crippen molar-refractivity contribution in [2.45, 2.75) is 32.9 Å². The van der Waals surface area contributed by atoms with Gasteiger partial charge in [0.05, 0.1) is 11.1 Å². The summed E-state index contributed by atoms with van der Waals surface area (Å²) in [5.74, 6) is 1.01. The maximum Gasteiger partial charge on any atom is 0.261 e. The van der Waals surface area contributed by atoms with E-state index in [4.69, 9.17) is 20.8 Å². The molecule has 5 heteroatoms. The molecule has 0 bridgehead atoms. The van der Waals surface area contributed by atoms with Crippen LogP contribution in [0.2, 0.25) is 5.02 Å². The number of carbonyl (C=O) groups is 1. The van der Waals surface area contributed by atoms with Gasteiger partial charge in [-0.05, 0) is 39.0 Å². The van der Waals surface area contributed by atoms with Crippen molar-refractivity contribution in [3.8, 4) is 5.75 Å². The van der Waals surface area contributed by atoms with Crippen LogP contribution >= 0.6 is 11.6 Å². The first kappa shape index (κ1) is 17.4. The fourth-order valence-corrected chi connectivity index (χ4v) is 2.97. The van der Waals surface area contributed by atoms with Crippen LogP contribution in [0, 0.1) is 6.92 Å². The van der Waals surface area contributed by atoms with Gasteiger partial charge in [0.25, 0.3) is 5.91 Å². The Labute approximate surface area is 151 Å². The molecule has 2 unspecified atom stereocenters. The molecule has 2 atom stereocenters. The highest BCUT2D eigenvalue weighted by Gasteiger charge is 2.22. The number of benzene rings is 2. The zero-order valence-electron chi connectivity index (χ0n) is 14.4. The molecule has 2 aromatic carbocycles. The van der Waals surface area contributed by atoms with Crippen LogP contribution in [0.1, 0.15) is 31.2 Å². The van der Waals surface area contributed by atoms with Gasteiger partial charge >= 0.3 is 0 Å². The van der Waals surface area contributed by atoms with Crippen LogP contribution in [0.4, 0.5) is 0 Å². The number of furan rings is 1. The Morgan fingerprint density at radius 3 is 2.52 bits per heavy atom. The monoisotopic (exact) mass is 357 g/mol. The largest absolute Gasteiger partial charge is 0.479 e. The quantitative estimate of drug-likeness (QED) is 0.696. The van der Waals surface area contributed by atoms with E-state index in [0.717, 1.165) is 22.3 Å². The SMILES string of the molecule is Cc1c(C(C)NC(=O)C(C)Oc2ccccc2Cl)oc2ccccc12. The van der Waals surface area contributed by atoms with E-state index in [9.17, 15) is 4.79 Å². The lowest BCUT2D eigenvalue weighted by atomic mass is 10.1. The molecule has 0 aliphatic rings. The third-order valence-electron chi connectivity index (χ3n) is 4.14. The van der Waals surface area contributed by atoms with Crippen LogP contribution in [0.15, 0.2) is 52.9 Å². The highest BCUT2D eigenvalue weighted by molar-refractivity contribution is 6.32. The van der Waals surface area contributed by atoms with E-state index in [1.807, 2.05) is 50.2 Å². The Kier molecular flexibility index (Phi) is 5.00. The summed E-state index contributed by atoms with van der Waals surface area (Å²) in [6, 6.07) is 14.6. The normalized spacial score (nSPS) is 13.4. The minimum Gasteiger partial charge on any atom is -0.479 e. The first-order valence-electron chi connectivity index (χ1n) is 8.17. The van der Waals surface area contributed by atoms with E-state index in [0.29, 0.717) is 10.8 Å². The Morgan fingerprint density at radius 2 is 1.80 bits per heavy atom. The number of aryl methyl sites for hydroxylation is 1. The van der Waals surface area contributed by atoms with Crippen molar-refractivity contribution in [3.63, 3.8) is 0 Å². The summed E-state index contributed by atoms with van der Waals surface area (Å²) in [5.41, 5.74) is 1.85. The molecule has 1 heterocycles. The number of nitrogens with one attached hydrogen (secondary N) is 1. The predicted molar refractivity (Wildman–Crippen MR) is 99.1 cm³/mol. The number of carbonyl (C=O) groups excluding carboxylic acids is 1. The minimum atomic E-state index is -0.674. The molecule has 1 aromatic heterocycles. The van der Waals surface area contributed by atoms with Gasteiger partial charge in [0, 0.05) is 10.9 Å². The summed E-state index contributed by atoms with van der Waals surface area (Å²) < 4.78 is 11.6. The maximum atomic E-state index is 12.4. The molecule has 1 amide bonds. The first-order valence-corrected chi connectivity index (χ1v) is 8.54. The second-order valence-corrected chi connectivity index (χ2v) is 6.42. The van der Waals surface area contributed by atoms with Crippen molar-refractivity contribution in [3.05, 3.63) is 64.9 Å². The van der Waals surface area contributed by atoms with E-state index in [1.165, 1.54) is 0 Å². The van der Waals surface area contributed by atoms with Crippen LogP contribution in [-0.2, 0) is 4.79 Å². The number of halogens is 1. The summed E-state index contributed by atoms with van der Waals surface area (Å²) in [6.45, 7) is 5.58. The van der Waals surface area contributed by atoms with Crippen LogP contribution in [0.5, 0.6) is 5.75 Å². The molecular formula is C20H20ClNO3. The minimum absolute atomic E-state index is 0.229. The number of hydrogen-bond donors (Lipinski definition) is 1. The maximum absolute atomic E-state index is 12.4. The van der Waals surface area contributed by atoms with Crippen molar-refractivity contribution in [2.24, 2.45) is 0 Å². The van der Waals surface area contributed by atoms with Gasteiger partial charge in [-0.3, -0.25) is 4.79 Å². The van der Waals surface area contributed by atoms with Gasteiger partial charge in [-0.1, -0.05) is 41.9 Å². The average molecular weight is 358 g/mol. The highest BCUT2D eigenvalue weighted by Crippen LogP contribution is 2.29. The third kappa shape index (κ3) is 3.64. The van der Waals surface area contributed by atoms with Gasteiger partial charge in [0.15, 0.2) is 6.10 Å². The lowest BCUT2D eigenvalue weighted by molar-refractivity contribution is -0.128. The van der Waals surface area contributed by atoms with Crippen molar-refractivity contribution in [2.75, 3.05) is 0 Å². The number of para-hydroxylation sites is 2. The molecule has 4 nitrogen and oxygen atoms in total. The smallest absolute Gasteiger partial charge is 0.261 e. The third-order valence-corrected chi connectivity index (χ3v) is 4.45. The van der Waals surface area contributed by atoms with Crippen molar-refractivity contribution in [1.82, 2.24) is 5.32 Å². The average Bonchev–Trinajstić information content (AvgIpc) is 2.94. The first-order chi connectivity index (χ1) is 12.0. The number of rotatable bonds is 5. The van der Waals surface area contributed by atoms with Gasteiger partial charge in [0.2, 0.25) is 0 Å². The fraction of sp³-hybridized carbons (Fsp3) is 0.250. The molecular weight excluding hydrogens is 338 g/mol. The van der Waals surface area contributed by atoms with Gasteiger partial charge in [0.1, 0.15) is 17.1 Å². The van der Waals surface area contributed by atoms with E-state index < -0.39 is 6.10 Å². The highest BCUT2D eigenvalue weighted by atomic mass is 35.5. The topological polar surface area (TPSA) is 51.5 Å². The van der Waals surface area contributed by atoms with E-state index in [1.54, 1.807) is 19.1 Å². The van der Waals surface area contributed by atoms with Crippen molar-refractivity contribution < 1.29 is 13.9 Å². The Morgan fingerprint density at radius 1 is 1.12 bits per heavy atom. The molecule has 3 aromatic rings. The molecule has 0 radical (unpaired) electrons. The summed E-state index contributed by atoms with van der Waals surface area (Å²) in [7, 11) is 0. The molecule has 0 aliphatic carbocycles. The summed E-state index contributed by atoms with van der Waals surface area (Å²) in [4.78, 5) is 12.4. The Hall–Kier alpha value is -2.46. The van der Waals surface area contributed by atoms with Gasteiger partial charge in [-0.15, -0.1) is 0 Å². The molecule has 25 heavy (non-hydrogen) atoms. The Bertz CT molecular complexity index is 903. The lowest BCUT2D eigenvalue weighted by Gasteiger charge is -2.18. The van der Waals surface area contributed by atoms with Gasteiger partial charge in [-0.2, -0.15) is 0 Å².